The fourth-order valence-electron chi connectivity index (χ4n) is 6.32. The molecule has 0 aromatic heterocycles. The van der Waals surface area contributed by atoms with Gasteiger partial charge in [-0.2, -0.15) is 0 Å². The summed E-state index contributed by atoms with van der Waals surface area (Å²) in [5, 5.41) is 0. The lowest BCUT2D eigenvalue weighted by atomic mass is 9.62. The van der Waals surface area contributed by atoms with Crippen LogP contribution in [0.25, 0.3) is 16.7 Å². The molecule has 2 aromatic carbocycles. The molecule has 0 unspecified atom stereocenters. The molecule has 0 spiro atoms. The van der Waals surface area contributed by atoms with E-state index in [2.05, 4.69) is 86.2 Å². The fourth-order valence-corrected chi connectivity index (χ4v) is 6.32. The summed E-state index contributed by atoms with van der Waals surface area (Å²) in [7, 11) is 0. The lowest BCUT2D eigenvalue weighted by molar-refractivity contribution is 0.331. The van der Waals surface area contributed by atoms with Gasteiger partial charge in [0, 0.05) is 0 Å². The molecule has 30 heavy (non-hydrogen) atoms. The molecule has 0 aliphatic heterocycles. The van der Waals surface area contributed by atoms with Crippen LogP contribution in [-0.4, -0.2) is 0 Å². The first-order valence-electron chi connectivity index (χ1n) is 11.8. The Morgan fingerprint density at radius 3 is 0.967 bits per heavy atom. The quantitative estimate of drug-likeness (QED) is 0.356. The van der Waals surface area contributed by atoms with Gasteiger partial charge in [-0.1, -0.05) is 62.0 Å². The van der Waals surface area contributed by atoms with E-state index in [0.717, 1.165) is 0 Å². The van der Waals surface area contributed by atoms with Crippen molar-refractivity contribution in [1.29, 1.82) is 0 Å². The molecule has 0 saturated heterocycles. The van der Waals surface area contributed by atoms with Crippen LogP contribution in [0.5, 0.6) is 0 Å². The minimum Gasteiger partial charge on any atom is -0.0905 e. The molecule has 0 heterocycles. The maximum Gasteiger partial charge on any atom is -0.00959 e. The smallest absolute Gasteiger partial charge is 0.00959 e. The third-order valence-corrected chi connectivity index (χ3v) is 8.92. The van der Waals surface area contributed by atoms with Crippen molar-refractivity contribution in [3.63, 3.8) is 0 Å². The molecule has 0 amide bonds. The summed E-state index contributed by atoms with van der Waals surface area (Å²) < 4.78 is 0. The second-order valence-electron chi connectivity index (χ2n) is 12.9. The van der Waals surface area contributed by atoms with E-state index in [-0.39, 0.29) is 21.7 Å². The third-order valence-electron chi connectivity index (χ3n) is 8.92. The minimum absolute atomic E-state index is 0.234. The van der Waals surface area contributed by atoms with Gasteiger partial charge in [0.15, 0.2) is 0 Å². The molecule has 0 fully saturated rings. The van der Waals surface area contributed by atoms with Crippen molar-refractivity contribution >= 4 is 5.57 Å². The lowest BCUT2D eigenvalue weighted by Gasteiger charge is -2.42. The van der Waals surface area contributed by atoms with Gasteiger partial charge in [0.2, 0.25) is 0 Å². The Labute approximate surface area is 183 Å². The summed E-state index contributed by atoms with van der Waals surface area (Å²) >= 11 is 0. The van der Waals surface area contributed by atoms with E-state index in [1.165, 1.54) is 64.6 Å². The van der Waals surface area contributed by atoms with E-state index in [1.54, 1.807) is 11.1 Å². The Morgan fingerprint density at radius 1 is 0.467 bits per heavy atom. The Morgan fingerprint density at radius 2 is 0.700 bits per heavy atom. The molecule has 0 bridgehead atoms. The van der Waals surface area contributed by atoms with E-state index in [9.17, 15) is 0 Å². The molecule has 0 saturated carbocycles. The van der Waals surface area contributed by atoms with Crippen LogP contribution < -0.4 is 0 Å². The second kappa shape index (κ2) is 5.70. The lowest BCUT2D eigenvalue weighted by Crippen LogP contribution is -2.34. The summed E-state index contributed by atoms with van der Waals surface area (Å²) in [6.07, 6.45) is 5.01. The molecule has 0 N–H and O–H groups in total. The monoisotopic (exact) mass is 398 g/mol. The van der Waals surface area contributed by atoms with Crippen LogP contribution in [0, 0.1) is 0 Å². The van der Waals surface area contributed by atoms with Crippen LogP contribution in [0.1, 0.15) is 114 Å². The molecule has 0 nitrogen and oxygen atoms in total. The van der Waals surface area contributed by atoms with Gasteiger partial charge in [0.05, 0.1) is 0 Å². The highest BCUT2D eigenvalue weighted by Crippen LogP contribution is 2.55. The fraction of sp³-hybridized carbons (Fsp3) is 0.533. The van der Waals surface area contributed by atoms with Crippen LogP contribution in [0.4, 0.5) is 0 Å². The SMILES string of the molecule is C=C1c2cc3c(cc2-c2cc4c(cc21)C(C)(C)CCC4(C)C)C(C)(C)CCC3(C)C. The summed E-state index contributed by atoms with van der Waals surface area (Å²) in [4.78, 5) is 0. The summed E-state index contributed by atoms with van der Waals surface area (Å²) in [6.45, 7) is 24.0. The number of fused-ring (bicyclic) bond motifs is 5. The predicted octanol–water partition coefficient (Wildman–Crippen LogP) is 8.43. The summed E-state index contributed by atoms with van der Waals surface area (Å²) in [5.74, 6) is 0. The van der Waals surface area contributed by atoms with Crippen molar-refractivity contribution < 1.29 is 0 Å². The predicted molar refractivity (Wildman–Crippen MR) is 131 cm³/mol. The van der Waals surface area contributed by atoms with Crippen molar-refractivity contribution in [3.05, 3.63) is 64.2 Å². The highest BCUT2D eigenvalue weighted by atomic mass is 14.5. The zero-order chi connectivity index (χ0) is 21.9. The van der Waals surface area contributed by atoms with Crippen molar-refractivity contribution in [2.75, 3.05) is 0 Å². The molecule has 3 aliphatic rings. The molecule has 0 radical (unpaired) electrons. The maximum absolute atomic E-state index is 4.60. The molecule has 0 atom stereocenters. The Kier molecular flexibility index (Phi) is 3.82. The van der Waals surface area contributed by atoms with Crippen LogP contribution in [0.3, 0.4) is 0 Å². The highest BCUT2D eigenvalue weighted by Gasteiger charge is 2.41. The van der Waals surface area contributed by atoms with Gasteiger partial charge >= 0.3 is 0 Å². The average Bonchev–Trinajstić information content (AvgIpc) is 2.93. The zero-order valence-electron chi connectivity index (χ0n) is 20.3. The van der Waals surface area contributed by atoms with Gasteiger partial charge in [0.25, 0.3) is 0 Å². The molecule has 158 valence electrons. The average molecular weight is 399 g/mol. The Balaban J connectivity index is 1.79. The first kappa shape index (κ1) is 20.1. The topological polar surface area (TPSA) is 0 Å². The first-order valence-corrected chi connectivity index (χ1v) is 11.8. The van der Waals surface area contributed by atoms with E-state index >= 15 is 0 Å². The van der Waals surface area contributed by atoms with E-state index in [0.29, 0.717) is 0 Å². The number of hydrogen-bond donors (Lipinski definition) is 0. The number of hydrogen-bond acceptors (Lipinski definition) is 0. The van der Waals surface area contributed by atoms with Crippen LogP contribution in [0.2, 0.25) is 0 Å². The Hall–Kier alpha value is -1.82. The molecule has 0 heteroatoms. The molecular formula is C30H38. The molecular weight excluding hydrogens is 360 g/mol. The van der Waals surface area contributed by atoms with E-state index in [1.807, 2.05) is 0 Å². The van der Waals surface area contributed by atoms with Crippen molar-refractivity contribution in [1.82, 2.24) is 0 Å². The minimum atomic E-state index is 0.234. The van der Waals surface area contributed by atoms with Crippen LogP contribution in [-0.2, 0) is 21.7 Å². The van der Waals surface area contributed by atoms with Gasteiger partial charge in [-0.15, -0.1) is 0 Å². The number of benzene rings is 2. The third kappa shape index (κ3) is 2.58. The molecule has 5 rings (SSSR count). The second-order valence-corrected chi connectivity index (χ2v) is 12.9. The summed E-state index contributed by atoms with van der Waals surface area (Å²) in [6, 6.07) is 10.1. The van der Waals surface area contributed by atoms with Crippen molar-refractivity contribution in [2.45, 2.75) is 103 Å². The van der Waals surface area contributed by atoms with Gasteiger partial charge in [-0.3, -0.25) is 0 Å². The zero-order valence-corrected chi connectivity index (χ0v) is 20.3. The standard InChI is InChI=1S/C30H38/c1-18-19-14-23-25(29(6,7)12-10-27(23,2)3)16-21(19)22-17-26-24(15-20(18)22)28(4,5)11-13-30(26,8)9/h14-17H,1,10-13H2,2-9H3. The van der Waals surface area contributed by atoms with Gasteiger partial charge < -0.3 is 0 Å². The van der Waals surface area contributed by atoms with Crippen molar-refractivity contribution in [3.8, 4) is 11.1 Å². The van der Waals surface area contributed by atoms with Crippen molar-refractivity contribution in [2.24, 2.45) is 0 Å². The Bertz CT molecular complexity index is 1010. The van der Waals surface area contributed by atoms with Crippen LogP contribution in [0.15, 0.2) is 30.8 Å². The highest BCUT2D eigenvalue weighted by molar-refractivity contribution is 6.01. The van der Waals surface area contributed by atoms with E-state index < -0.39 is 0 Å². The first-order chi connectivity index (χ1) is 13.7. The summed E-state index contributed by atoms with van der Waals surface area (Å²) in [5.41, 5.74) is 13.9. The van der Waals surface area contributed by atoms with E-state index in [4.69, 9.17) is 0 Å². The number of rotatable bonds is 0. The largest absolute Gasteiger partial charge is 0.0905 e. The molecule has 3 aliphatic carbocycles. The van der Waals surface area contributed by atoms with Crippen LogP contribution >= 0.6 is 0 Å². The normalized spacial score (nSPS) is 23.9. The van der Waals surface area contributed by atoms with Gasteiger partial charge in [-0.05, 0) is 122 Å². The molecule has 2 aromatic rings. The maximum atomic E-state index is 4.60. The van der Waals surface area contributed by atoms with Gasteiger partial charge in [0.1, 0.15) is 0 Å². The van der Waals surface area contributed by atoms with Gasteiger partial charge in [-0.25, -0.2) is 0 Å².